The zero-order valence-corrected chi connectivity index (χ0v) is 23.3. The van der Waals surface area contributed by atoms with Gasteiger partial charge in [0.2, 0.25) is 10.0 Å². The lowest BCUT2D eigenvalue weighted by atomic mass is 9.91. The number of nitrogens with zero attached hydrogens (tertiary/aromatic N) is 4. The van der Waals surface area contributed by atoms with Gasteiger partial charge in [-0.2, -0.15) is 0 Å². The molecule has 0 saturated heterocycles. The molecule has 0 bridgehead atoms. The van der Waals surface area contributed by atoms with Crippen LogP contribution in [0.3, 0.4) is 0 Å². The zero-order chi connectivity index (χ0) is 27.1. The molecule has 4 rings (SSSR count). The van der Waals surface area contributed by atoms with Gasteiger partial charge in [-0.05, 0) is 37.9 Å². The van der Waals surface area contributed by atoms with Crippen LogP contribution in [0.25, 0.3) is 0 Å². The van der Waals surface area contributed by atoms with Crippen molar-refractivity contribution in [2.75, 3.05) is 33.4 Å². The van der Waals surface area contributed by atoms with E-state index >= 15 is 0 Å². The predicted molar refractivity (Wildman–Crippen MR) is 143 cm³/mol. The molecule has 1 aromatic heterocycles. The van der Waals surface area contributed by atoms with Crippen molar-refractivity contribution in [1.82, 2.24) is 29.7 Å². The molecule has 2 aromatic rings. The third-order valence-corrected chi connectivity index (χ3v) is 9.47. The van der Waals surface area contributed by atoms with Gasteiger partial charge in [0.25, 0.3) is 0 Å². The van der Waals surface area contributed by atoms with Crippen LogP contribution in [0.1, 0.15) is 56.4 Å². The summed E-state index contributed by atoms with van der Waals surface area (Å²) >= 11 is 0. The number of sulfonamides is 1. The predicted octanol–water partition coefficient (Wildman–Crippen LogP) is 2.25. The number of aromatic nitrogens is 3. The van der Waals surface area contributed by atoms with Crippen molar-refractivity contribution in [1.29, 1.82) is 0 Å². The van der Waals surface area contributed by atoms with Gasteiger partial charge >= 0.3 is 6.09 Å². The third kappa shape index (κ3) is 6.90. The summed E-state index contributed by atoms with van der Waals surface area (Å²) in [5.74, 6) is 1.45. The lowest BCUT2D eigenvalue weighted by molar-refractivity contribution is 0.0992. The second-order valence-electron chi connectivity index (χ2n) is 10.0. The summed E-state index contributed by atoms with van der Waals surface area (Å²) < 4.78 is 42.9. The molecular weight excluding hydrogens is 508 g/mol. The Morgan fingerprint density at radius 1 is 1.18 bits per heavy atom. The van der Waals surface area contributed by atoms with E-state index in [4.69, 9.17) is 9.47 Å². The Labute approximate surface area is 225 Å². The van der Waals surface area contributed by atoms with Crippen LogP contribution in [0.15, 0.2) is 30.3 Å². The average Bonchev–Trinajstić information content (AvgIpc) is 3.32. The topological polar surface area (TPSA) is 128 Å². The number of hydrogen-bond acceptors (Lipinski definition) is 8. The van der Waals surface area contributed by atoms with Gasteiger partial charge in [0.05, 0.1) is 25.1 Å². The molecule has 2 heterocycles. The number of amides is 1. The maximum Gasteiger partial charge on any atom is 0.406 e. The van der Waals surface area contributed by atoms with E-state index in [1.165, 1.54) is 7.05 Å². The monoisotopic (exact) mass is 548 g/mol. The van der Waals surface area contributed by atoms with Gasteiger partial charge in [-0.15, -0.1) is 10.2 Å². The minimum Gasteiger partial charge on any atom is -0.449 e. The van der Waals surface area contributed by atoms with E-state index in [-0.39, 0.29) is 12.5 Å². The lowest BCUT2D eigenvalue weighted by Crippen LogP contribution is -2.53. The molecule has 1 aliphatic carbocycles. The summed E-state index contributed by atoms with van der Waals surface area (Å²) in [5.41, 5.74) is 1.01. The molecule has 2 aliphatic rings. The fraction of sp³-hybridized carbons (Fsp3) is 0.654. The quantitative estimate of drug-likeness (QED) is 0.390. The number of fused-ring (bicyclic) bond motifs is 1. The average molecular weight is 549 g/mol. The lowest BCUT2D eigenvalue weighted by Gasteiger charge is -2.42. The molecule has 2 atom stereocenters. The fourth-order valence-electron chi connectivity index (χ4n) is 5.24. The van der Waals surface area contributed by atoms with E-state index < -0.39 is 27.4 Å². The van der Waals surface area contributed by atoms with Gasteiger partial charge in [-0.25, -0.2) is 17.9 Å². The number of carbonyl (C=O) groups is 1. The van der Waals surface area contributed by atoms with Gasteiger partial charge in [0.15, 0.2) is 5.82 Å². The zero-order valence-electron chi connectivity index (χ0n) is 22.5. The first-order valence-electron chi connectivity index (χ1n) is 13.5. The molecular formula is C26H40N6O5S. The highest BCUT2D eigenvalue weighted by atomic mass is 32.2. The number of carbonyl (C=O) groups excluding carboxylic acids is 1. The molecule has 2 unspecified atom stereocenters. The third-order valence-electron chi connectivity index (χ3n) is 7.59. The van der Waals surface area contributed by atoms with Crippen molar-refractivity contribution in [3.8, 4) is 0 Å². The van der Waals surface area contributed by atoms with Crippen molar-refractivity contribution in [3.63, 3.8) is 0 Å². The summed E-state index contributed by atoms with van der Waals surface area (Å²) in [7, 11) is -2.06. The molecule has 1 saturated carbocycles. The van der Waals surface area contributed by atoms with Crippen molar-refractivity contribution < 1.29 is 22.7 Å². The molecule has 1 aromatic carbocycles. The maximum atomic E-state index is 13.4. The van der Waals surface area contributed by atoms with Crippen LogP contribution >= 0.6 is 0 Å². The second-order valence-corrected chi connectivity index (χ2v) is 12.0. The van der Waals surface area contributed by atoms with Crippen LogP contribution in [-0.4, -0.2) is 78.8 Å². The number of hydrogen-bond donors (Lipinski definition) is 2. The Morgan fingerprint density at radius 2 is 1.92 bits per heavy atom. The van der Waals surface area contributed by atoms with Gasteiger partial charge in [0, 0.05) is 32.0 Å². The highest BCUT2D eigenvalue weighted by Crippen LogP contribution is 2.32. The summed E-state index contributed by atoms with van der Waals surface area (Å²) in [5, 5.41) is 10.8. The van der Waals surface area contributed by atoms with E-state index in [0.717, 1.165) is 30.9 Å². The van der Waals surface area contributed by atoms with Gasteiger partial charge in [-0.3, -0.25) is 0 Å². The SMILES string of the molecule is CCN(CC)C1CC(S(=O)(=O)NC(COCc2ccccc2)c2nnc3n2CCC(COC(=O)NC)C3)C1. The molecule has 2 N–H and O–H groups in total. The molecule has 1 fully saturated rings. The molecule has 12 heteroatoms. The van der Waals surface area contributed by atoms with Gasteiger partial charge in [0.1, 0.15) is 11.9 Å². The second kappa shape index (κ2) is 13.0. The van der Waals surface area contributed by atoms with Crippen LogP contribution in [0, 0.1) is 5.92 Å². The number of ether oxygens (including phenoxy) is 2. The van der Waals surface area contributed by atoms with Crippen molar-refractivity contribution >= 4 is 16.1 Å². The molecule has 38 heavy (non-hydrogen) atoms. The van der Waals surface area contributed by atoms with E-state index in [1.807, 2.05) is 34.9 Å². The van der Waals surface area contributed by atoms with E-state index in [1.54, 1.807) is 0 Å². The first-order chi connectivity index (χ1) is 18.3. The largest absolute Gasteiger partial charge is 0.449 e. The Balaban J connectivity index is 1.45. The molecule has 0 spiro atoms. The Morgan fingerprint density at radius 3 is 2.61 bits per heavy atom. The Bertz CT molecular complexity index is 1150. The van der Waals surface area contributed by atoms with E-state index in [0.29, 0.717) is 50.9 Å². The Hall–Kier alpha value is -2.54. The normalized spacial score (nSPS) is 21.9. The number of benzene rings is 1. The first-order valence-corrected chi connectivity index (χ1v) is 15.0. The molecule has 0 radical (unpaired) electrons. The number of nitrogens with one attached hydrogen (secondary N) is 2. The highest BCUT2D eigenvalue weighted by molar-refractivity contribution is 7.90. The minimum atomic E-state index is -3.59. The molecule has 1 amide bonds. The number of rotatable bonds is 13. The van der Waals surface area contributed by atoms with Crippen LogP contribution in [-0.2, 0) is 39.1 Å². The Kier molecular flexibility index (Phi) is 9.74. The maximum absolute atomic E-state index is 13.4. The van der Waals surface area contributed by atoms with Gasteiger partial charge in [-0.1, -0.05) is 44.2 Å². The van der Waals surface area contributed by atoms with Crippen LogP contribution in [0.5, 0.6) is 0 Å². The molecule has 1 aliphatic heterocycles. The standard InChI is InChI=1S/C26H40N6O5S/c1-4-31(5-2)21-14-22(15-21)38(34,35)30-23(18-36-16-19-9-7-6-8-10-19)25-29-28-24-13-20(11-12-32(24)25)17-37-26(33)27-3/h6-10,20-23,30H,4-5,11-18H2,1-3H3,(H,27,33). The smallest absolute Gasteiger partial charge is 0.406 e. The van der Waals surface area contributed by atoms with Gasteiger partial charge < -0.3 is 24.3 Å². The van der Waals surface area contributed by atoms with Crippen molar-refractivity contribution in [3.05, 3.63) is 47.5 Å². The summed E-state index contributed by atoms with van der Waals surface area (Å²) in [6, 6.07) is 9.43. The fourth-order valence-corrected chi connectivity index (χ4v) is 6.95. The molecule has 210 valence electrons. The van der Waals surface area contributed by atoms with Crippen LogP contribution in [0.4, 0.5) is 4.79 Å². The summed E-state index contributed by atoms with van der Waals surface area (Å²) in [6.45, 7) is 7.46. The summed E-state index contributed by atoms with van der Waals surface area (Å²) in [6.07, 6.45) is 2.16. The highest BCUT2D eigenvalue weighted by Gasteiger charge is 2.42. The first kappa shape index (κ1) is 28.5. The minimum absolute atomic E-state index is 0.133. The summed E-state index contributed by atoms with van der Waals surface area (Å²) in [4.78, 5) is 13.8. The van der Waals surface area contributed by atoms with Crippen LogP contribution < -0.4 is 10.0 Å². The van der Waals surface area contributed by atoms with E-state index in [9.17, 15) is 13.2 Å². The van der Waals surface area contributed by atoms with Crippen molar-refractivity contribution in [2.45, 2.75) is 70.0 Å². The number of alkyl carbamates (subject to hydrolysis) is 1. The van der Waals surface area contributed by atoms with E-state index in [2.05, 4.69) is 39.0 Å². The molecule has 11 nitrogen and oxygen atoms in total. The van der Waals surface area contributed by atoms with Crippen molar-refractivity contribution in [2.24, 2.45) is 5.92 Å². The van der Waals surface area contributed by atoms with Crippen LogP contribution in [0.2, 0.25) is 0 Å².